The summed E-state index contributed by atoms with van der Waals surface area (Å²) in [5.74, 6) is -0.104. The molecular weight excluding hydrogens is 342 g/mol. The summed E-state index contributed by atoms with van der Waals surface area (Å²) in [4.78, 5) is 12.2. The van der Waals surface area contributed by atoms with Crippen LogP contribution in [0.5, 0.6) is 5.75 Å². The first kappa shape index (κ1) is 19.7. The van der Waals surface area contributed by atoms with E-state index in [1.54, 1.807) is 12.1 Å². The van der Waals surface area contributed by atoms with Crippen molar-refractivity contribution in [1.29, 1.82) is 0 Å². The van der Waals surface area contributed by atoms with E-state index in [4.69, 9.17) is 10.5 Å². The monoisotopic (exact) mass is 369 g/mol. The average Bonchev–Trinajstić information content (AvgIpc) is 2.61. The Hall–Kier alpha value is -1.64. The summed E-state index contributed by atoms with van der Waals surface area (Å²) in [7, 11) is -2.25. The Bertz CT molecular complexity index is 713. The molecule has 7 nitrogen and oxygen atoms in total. The maximum absolute atomic E-state index is 13.0. The number of methoxy groups -OCH3 is 1. The Labute approximate surface area is 149 Å². The van der Waals surface area contributed by atoms with Crippen molar-refractivity contribution in [3.8, 4) is 5.75 Å². The topological polar surface area (TPSA) is 102 Å². The second kappa shape index (κ2) is 8.16. The van der Waals surface area contributed by atoms with Crippen LogP contribution in [0.4, 0.5) is 5.69 Å². The molecular formula is C17H27N3O4S. The lowest BCUT2D eigenvalue weighted by molar-refractivity contribution is -0.118. The van der Waals surface area contributed by atoms with E-state index in [0.29, 0.717) is 18.8 Å². The van der Waals surface area contributed by atoms with Crippen molar-refractivity contribution < 1.29 is 17.9 Å². The highest BCUT2D eigenvalue weighted by atomic mass is 32.2. The van der Waals surface area contributed by atoms with Crippen molar-refractivity contribution in [2.24, 2.45) is 11.7 Å². The number of hydrogen-bond acceptors (Lipinski definition) is 5. The number of hydrogen-bond donors (Lipinski definition) is 2. The number of nitrogens with zero attached hydrogens (tertiary/aromatic N) is 1. The molecule has 140 valence electrons. The van der Waals surface area contributed by atoms with Crippen molar-refractivity contribution in [3.05, 3.63) is 18.2 Å². The zero-order valence-corrected chi connectivity index (χ0v) is 15.8. The number of carbonyl (C=O) groups is 1. The maximum atomic E-state index is 13.0. The Balaban J connectivity index is 2.32. The quantitative estimate of drug-likeness (QED) is 0.796. The number of nitrogens with one attached hydrogen (secondary N) is 1. The number of carbonyl (C=O) groups excluding carboxylic acids is 1. The fourth-order valence-corrected chi connectivity index (χ4v) is 4.43. The van der Waals surface area contributed by atoms with Gasteiger partial charge in [-0.15, -0.1) is 0 Å². The molecule has 0 spiro atoms. The summed E-state index contributed by atoms with van der Waals surface area (Å²) < 4.78 is 32.6. The van der Waals surface area contributed by atoms with Crippen LogP contribution in [-0.2, 0) is 14.8 Å². The van der Waals surface area contributed by atoms with Gasteiger partial charge in [0.05, 0.1) is 13.2 Å². The standard InChI is InChI=1S/C17H27N3O4S/c1-12(2)16(18)17(21)19-13-7-8-14(24-3)15(11-13)25(22,23)20-9-5-4-6-10-20/h7-8,11-12,16H,4-6,9-10,18H2,1-3H3,(H,19,21). The number of ether oxygens (including phenoxy) is 1. The lowest BCUT2D eigenvalue weighted by atomic mass is 10.0. The summed E-state index contributed by atoms with van der Waals surface area (Å²) in [6.45, 7) is 4.70. The van der Waals surface area contributed by atoms with Crippen LogP contribution in [0, 0.1) is 5.92 Å². The molecule has 3 N–H and O–H groups in total. The summed E-state index contributed by atoms with van der Waals surface area (Å²) in [5.41, 5.74) is 6.23. The molecule has 1 aliphatic heterocycles. The molecule has 0 bridgehead atoms. The summed E-state index contributed by atoms with van der Waals surface area (Å²) in [6.07, 6.45) is 2.73. The van der Waals surface area contributed by atoms with Crippen molar-refractivity contribution in [2.45, 2.75) is 44.0 Å². The van der Waals surface area contributed by atoms with E-state index < -0.39 is 16.1 Å². The highest BCUT2D eigenvalue weighted by Gasteiger charge is 2.29. The van der Waals surface area contributed by atoms with Crippen LogP contribution in [0.2, 0.25) is 0 Å². The van der Waals surface area contributed by atoms with Crippen LogP contribution in [0.25, 0.3) is 0 Å². The SMILES string of the molecule is COc1ccc(NC(=O)C(N)C(C)C)cc1S(=O)(=O)N1CCCCC1. The second-order valence-electron chi connectivity index (χ2n) is 6.59. The molecule has 1 amide bonds. The molecule has 1 unspecified atom stereocenters. The minimum Gasteiger partial charge on any atom is -0.495 e. The molecule has 1 saturated heterocycles. The molecule has 1 atom stereocenters. The summed E-state index contributed by atoms with van der Waals surface area (Å²) in [5, 5.41) is 2.69. The van der Waals surface area contributed by atoms with E-state index in [2.05, 4.69) is 5.32 Å². The first-order valence-corrected chi connectivity index (χ1v) is 9.96. The van der Waals surface area contributed by atoms with Crippen LogP contribution in [0.1, 0.15) is 33.1 Å². The highest BCUT2D eigenvalue weighted by Crippen LogP contribution is 2.31. The van der Waals surface area contributed by atoms with Crippen molar-refractivity contribution in [3.63, 3.8) is 0 Å². The molecule has 2 rings (SSSR count). The van der Waals surface area contributed by atoms with Crippen molar-refractivity contribution in [1.82, 2.24) is 4.31 Å². The predicted molar refractivity (Wildman–Crippen MR) is 97.0 cm³/mol. The molecule has 8 heteroatoms. The van der Waals surface area contributed by atoms with E-state index in [1.165, 1.54) is 17.5 Å². The lowest BCUT2D eigenvalue weighted by Crippen LogP contribution is -2.39. The van der Waals surface area contributed by atoms with Gasteiger partial charge in [0.2, 0.25) is 15.9 Å². The van der Waals surface area contributed by atoms with Gasteiger partial charge in [0.25, 0.3) is 0 Å². The molecule has 0 aliphatic carbocycles. The van der Waals surface area contributed by atoms with Crippen LogP contribution >= 0.6 is 0 Å². The number of piperidine rings is 1. The van der Waals surface area contributed by atoms with Gasteiger partial charge in [-0.3, -0.25) is 4.79 Å². The van der Waals surface area contributed by atoms with E-state index in [9.17, 15) is 13.2 Å². The van der Waals surface area contributed by atoms with Gasteiger partial charge in [0.1, 0.15) is 10.6 Å². The molecule has 1 heterocycles. The fraction of sp³-hybridized carbons (Fsp3) is 0.588. The van der Waals surface area contributed by atoms with Gasteiger partial charge in [-0.05, 0) is 37.0 Å². The third kappa shape index (κ3) is 4.50. The number of amides is 1. The third-order valence-corrected chi connectivity index (χ3v) is 6.30. The minimum absolute atomic E-state index is 0.0187. The van der Waals surface area contributed by atoms with Gasteiger partial charge in [-0.25, -0.2) is 8.42 Å². The van der Waals surface area contributed by atoms with Crippen LogP contribution in [0.15, 0.2) is 23.1 Å². The first-order valence-electron chi connectivity index (χ1n) is 8.52. The molecule has 0 radical (unpaired) electrons. The van der Waals surface area contributed by atoms with E-state index in [1.807, 2.05) is 13.8 Å². The smallest absolute Gasteiger partial charge is 0.246 e. The van der Waals surface area contributed by atoms with Gasteiger partial charge in [0, 0.05) is 18.8 Å². The largest absolute Gasteiger partial charge is 0.495 e. The van der Waals surface area contributed by atoms with Crippen molar-refractivity contribution >= 4 is 21.6 Å². The molecule has 1 aromatic carbocycles. The van der Waals surface area contributed by atoms with Gasteiger partial charge in [-0.2, -0.15) is 4.31 Å². The number of rotatable bonds is 6. The highest BCUT2D eigenvalue weighted by molar-refractivity contribution is 7.89. The molecule has 1 fully saturated rings. The molecule has 0 aromatic heterocycles. The van der Waals surface area contributed by atoms with Crippen LogP contribution in [-0.4, -0.2) is 44.9 Å². The van der Waals surface area contributed by atoms with Crippen molar-refractivity contribution in [2.75, 3.05) is 25.5 Å². The lowest BCUT2D eigenvalue weighted by Gasteiger charge is -2.26. The minimum atomic E-state index is -3.67. The zero-order valence-electron chi connectivity index (χ0n) is 15.0. The average molecular weight is 369 g/mol. The Morgan fingerprint density at radius 3 is 2.44 bits per heavy atom. The Morgan fingerprint density at radius 2 is 1.88 bits per heavy atom. The number of nitrogens with two attached hydrogens (primary N) is 1. The Morgan fingerprint density at radius 1 is 1.24 bits per heavy atom. The second-order valence-corrected chi connectivity index (χ2v) is 8.50. The van der Waals surface area contributed by atoms with Crippen LogP contribution < -0.4 is 15.8 Å². The first-order chi connectivity index (χ1) is 11.8. The number of benzene rings is 1. The van der Waals surface area contributed by atoms with Crippen LogP contribution in [0.3, 0.4) is 0 Å². The zero-order chi connectivity index (χ0) is 18.6. The van der Waals surface area contributed by atoms with E-state index in [0.717, 1.165) is 19.3 Å². The molecule has 0 saturated carbocycles. The summed E-state index contributed by atoms with van der Waals surface area (Å²) >= 11 is 0. The molecule has 25 heavy (non-hydrogen) atoms. The summed E-state index contributed by atoms with van der Waals surface area (Å²) in [6, 6.07) is 3.93. The van der Waals surface area contributed by atoms with Gasteiger partial charge in [-0.1, -0.05) is 20.3 Å². The third-order valence-electron chi connectivity index (χ3n) is 4.39. The number of anilines is 1. The normalized spacial score (nSPS) is 17.3. The molecule has 1 aliphatic rings. The van der Waals surface area contributed by atoms with E-state index >= 15 is 0 Å². The fourth-order valence-electron chi connectivity index (χ4n) is 2.73. The van der Waals surface area contributed by atoms with E-state index in [-0.39, 0.29) is 22.5 Å². The Kier molecular flexibility index (Phi) is 6.42. The van der Waals surface area contributed by atoms with Gasteiger partial charge >= 0.3 is 0 Å². The van der Waals surface area contributed by atoms with Gasteiger partial charge in [0.15, 0.2) is 0 Å². The predicted octanol–water partition coefficient (Wildman–Crippen LogP) is 1.79. The molecule has 1 aromatic rings. The van der Waals surface area contributed by atoms with Gasteiger partial charge < -0.3 is 15.8 Å². The number of sulfonamides is 1. The maximum Gasteiger partial charge on any atom is 0.246 e.